The minimum atomic E-state index is -1.96. The standard InChI is InChI=1S/C21H25O4PS/c22-20(23)21(24,14-26-25)18(16-8-2-1-3-9-16)13-27-19-12-6-10-15-7-4-5-11-17(15)19/h4-7,10-12,16,18,24H,1-3,8-9,13-14H2,(H,22,23). The highest BCUT2D eigenvalue weighted by Crippen LogP contribution is 2.41. The first-order valence-electron chi connectivity index (χ1n) is 9.41. The second-order valence-electron chi connectivity index (χ2n) is 7.31. The first-order valence-corrected chi connectivity index (χ1v) is 11.4. The molecular formula is C21H25O4PS. The third-order valence-electron chi connectivity index (χ3n) is 5.68. The summed E-state index contributed by atoms with van der Waals surface area (Å²) < 4.78 is 11.2. The van der Waals surface area contributed by atoms with Crippen LogP contribution in [0.2, 0.25) is 0 Å². The van der Waals surface area contributed by atoms with Gasteiger partial charge in [0, 0.05) is 16.6 Å². The first kappa shape index (κ1) is 20.3. The SMILES string of the molecule is O=PCC(O)(C(=O)O)C(CSc1cccc2ccccc12)C1CCCCC1. The Kier molecular flexibility index (Phi) is 6.91. The van der Waals surface area contributed by atoms with Crippen molar-refractivity contribution in [1.82, 2.24) is 0 Å². The minimum Gasteiger partial charge on any atom is -0.479 e. The highest BCUT2D eigenvalue weighted by Gasteiger charge is 2.47. The van der Waals surface area contributed by atoms with E-state index in [4.69, 9.17) is 0 Å². The third-order valence-corrected chi connectivity index (χ3v) is 7.48. The van der Waals surface area contributed by atoms with Crippen molar-refractivity contribution in [3.8, 4) is 0 Å². The molecule has 2 aromatic rings. The van der Waals surface area contributed by atoms with E-state index in [0.717, 1.165) is 47.8 Å². The second-order valence-corrected chi connectivity index (χ2v) is 8.95. The smallest absolute Gasteiger partial charge is 0.336 e. The molecule has 0 spiro atoms. The summed E-state index contributed by atoms with van der Waals surface area (Å²) in [6.07, 6.45) is 4.86. The van der Waals surface area contributed by atoms with Gasteiger partial charge in [-0.1, -0.05) is 68.5 Å². The van der Waals surface area contributed by atoms with Gasteiger partial charge in [0.2, 0.25) is 0 Å². The molecule has 3 rings (SSSR count). The van der Waals surface area contributed by atoms with Crippen molar-refractivity contribution in [1.29, 1.82) is 0 Å². The highest BCUT2D eigenvalue weighted by atomic mass is 32.2. The van der Waals surface area contributed by atoms with E-state index in [-0.39, 0.29) is 20.5 Å². The van der Waals surface area contributed by atoms with Crippen molar-refractivity contribution >= 4 is 37.0 Å². The zero-order valence-corrected chi connectivity index (χ0v) is 16.9. The molecule has 2 atom stereocenters. The van der Waals surface area contributed by atoms with Crippen LogP contribution in [0.25, 0.3) is 10.8 Å². The van der Waals surface area contributed by atoms with Crippen molar-refractivity contribution in [2.45, 2.75) is 42.6 Å². The summed E-state index contributed by atoms with van der Waals surface area (Å²) in [5.74, 6) is -1.05. The fourth-order valence-electron chi connectivity index (χ4n) is 4.14. The largest absolute Gasteiger partial charge is 0.479 e. The van der Waals surface area contributed by atoms with Crippen LogP contribution in [0, 0.1) is 11.8 Å². The molecule has 1 aliphatic carbocycles. The van der Waals surface area contributed by atoms with Gasteiger partial charge in [-0.15, -0.1) is 11.8 Å². The maximum absolute atomic E-state index is 11.9. The first-order chi connectivity index (χ1) is 13.1. The number of thioether (sulfide) groups is 1. The number of aliphatic carboxylic acids is 1. The van der Waals surface area contributed by atoms with Gasteiger partial charge in [0.05, 0.1) is 6.16 Å². The zero-order valence-electron chi connectivity index (χ0n) is 15.2. The number of carbonyl (C=O) groups is 1. The van der Waals surface area contributed by atoms with Crippen molar-refractivity contribution < 1.29 is 19.6 Å². The van der Waals surface area contributed by atoms with Crippen LogP contribution < -0.4 is 0 Å². The Morgan fingerprint density at radius 2 is 1.85 bits per heavy atom. The van der Waals surface area contributed by atoms with Gasteiger partial charge in [0.25, 0.3) is 0 Å². The summed E-state index contributed by atoms with van der Waals surface area (Å²) >= 11 is 1.59. The van der Waals surface area contributed by atoms with Crippen molar-refractivity contribution in [2.24, 2.45) is 11.8 Å². The molecule has 0 amide bonds. The lowest BCUT2D eigenvalue weighted by Crippen LogP contribution is -2.52. The molecule has 27 heavy (non-hydrogen) atoms. The molecule has 6 heteroatoms. The number of carboxylic acid groups (broad SMARTS) is 1. The van der Waals surface area contributed by atoms with E-state index in [1.54, 1.807) is 11.8 Å². The van der Waals surface area contributed by atoms with Crippen LogP contribution in [0.1, 0.15) is 32.1 Å². The summed E-state index contributed by atoms with van der Waals surface area (Å²) in [5, 5.41) is 23.0. The van der Waals surface area contributed by atoms with E-state index in [2.05, 4.69) is 18.2 Å². The Hall–Kier alpha value is -1.42. The molecule has 0 heterocycles. The van der Waals surface area contributed by atoms with E-state index in [1.165, 1.54) is 0 Å². The maximum atomic E-state index is 11.9. The van der Waals surface area contributed by atoms with Crippen LogP contribution in [0.5, 0.6) is 0 Å². The number of benzene rings is 2. The number of hydrogen-bond acceptors (Lipinski definition) is 4. The van der Waals surface area contributed by atoms with E-state index >= 15 is 0 Å². The van der Waals surface area contributed by atoms with Crippen LogP contribution >= 0.6 is 20.2 Å². The van der Waals surface area contributed by atoms with Crippen molar-refractivity contribution in [2.75, 3.05) is 11.9 Å². The Morgan fingerprint density at radius 1 is 1.15 bits per heavy atom. The lowest BCUT2D eigenvalue weighted by atomic mass is 9.73. The summed E-state index contributed by atoms with van der Waals surface area (Å²) in [5.41, 5.74) is -1.96. The average Bonchev–Trinajstić information content (AvgIpc) is 2.69. The van der Waals surface area contributed by atoms with Gasteiger partial charge in [-0.2, -0.15) is 0 Å². The summed E-state index contributed by atoms with van der Waals surface area (Å²) in [4.78, 5) is 13.0. The minimum absolute atomic E-state index is 0.143. The second kappa shape index (κ2) is 9.18. The molecule has 2 aromatic carbocycles. The van der Waals surface area contributed by atoms with Crippen molar-refractivity contribution in [3.63, 3.8) is 0 Å². The molecule has 0 bridgehead atoms. The molecule has 1 fully saturated rings. The van der Waals surface area contributed by atoms with Gasteiger partial charge >= 0.3 is 5.97 Å². The van der Waals surface area contributed by atoms with Gasteiger partial charge in [0.1, 0.15) is 0 Å². The number of carboxylic acids is 1. The molecule has 2 N–H and O–H groups in total. The Balaban J connectivity index is 1.88. The molecule has 0 saturated heterocycles. The van der Waals surface area contributed by atoms with Crippen LogP contribution in [0.15, 0.2) is 47.4 Å². The third kappa shape index (κ3) is 4.53. The predicted molar refractivity (Wildman–Crippen MR) is 110 cm³/mol. The van der Waals surface area contributed by atoms with Crippen molar-refractivity contribution in [3.05, 3.63) is 42.5 Å². The maximum Gasteiger partial charge on any atom is 0.336 e. The van der Waals surface area contributed by atoms with Gasteiger partial charge in [-0.25, -0.2) is 4.79 Å². The molecule has 4 nitrogen and oxygen atoms in total. The lowest BCUT2D eigenvalue weighted by Gasteiger charge is -2.38. The summed E-state index contributed by atoms with van der Waals surface area (Å²) in [7, 11) is -0.331. The molecule has 2 unspecified atom stereocenters. The molecule has 1 aliphatic rings. The molecule has 0 radical (unpaired) electrons. The van der Waals surface area contributed by atoms with Crippen LogP contribution in [0.4, 0.5) is 0 Å². The quantitative estimate of drug-likeness (QED) is 0.465. The molecule has 0 aliphatic heterocycles. The Morgan fingerprint density at radius 3 is 2.56 bits per heavy atom. The van der Waals surface area contributed by atoms with Gasteiger partial charge in [0.15, 0.2) is 14.1 Å². The Labute approximate surface area is 165 Å². The van der Waals surface area contributed by atoms with Gasteiger partial charge in [-0.3, -0.25) is 4.57 Å². The number of aliphatic hydroxyl groups is 1. The van der Waals surface area contributed by atoms with Gasteiger partial charge < -0.3 is 10.2 Å². The summed E-state index contributed by atoms with van der Waals surface area (Å²) in [6.45, 7) is 0. The Bertz CT molecular complexity index is 800. The van der Waals surface area contributed by atoms with E-state index in [9.17, 15) is 19.6 Å². The highest BCUT2D eigenvalue weighted by molar-refractivity contribution is 7.99. The zero-order chi connectivity index (χ0) is 19.3. The van der Waals surface area contributed by atoms with Crippen LogP contribution in [-0.4, -0.2) is 33.7 Å². The van der Waals surface area contributed by atoms with E-state index < -0.39 is 17.5 Å². The topological polar surface area (TPSA) is 74.6 Å². The molecular weight excluding hydrogens is 379 g/mol. The predicted octanol–water partition coefficient (Wildman–Crippen LogP) is 5.24. The summed E-state index contributed by atoms with van der Waals surface area (Å²) in [6, 6.07) is 14.2. The normalized spacial score (nSPS) is 19.0. The number of fused-ring (bicyclic) bond motifs is 1. The average molecular weight is 404 g/mol. The van der Waals surface area contributed by atoms with Crippen LogP contribution in [0.3, 0.4) is 0 Å². The fourth-order valence-corrected chi connectivity index (χ4v) is 6.13. The molecule has 144 valence electrons. The number of rotatable bonds is 8. The molecule has 0 aromatic heterocycles. The van der Waals surface area contributed by atoms with E-state index in [1.807, 2.05) is 24.3 Å². The van der Waals surface area contributed by atoms with Crippen LogP contribution in [-0.2, 0) is 9.36 Å². The van der Waals surface area contributed by atoms with E-state index in [0.29, 0.717) is 5.75 Å². The fraction of sp³-hybridized carbons (Fsp3) is 0.476. The number of hydrogen-bond donors (Lipinski definition) is 2. The monoisotopic (exact) mass is 404 g/mol. The lowest BCUT2D eigenvalue weighted by molar-refractivity contribution is -0.163. The van der Waals surface area contributed by atoms with Gasteiger partial charge in [-0.05, 0) is 22.8 Å². The molecule has 1 saturated carbocycles.